The van der Waals surface area contributed by atoms with Crippen molar-refractivity contribution >= 4 is 23.2 Å². The Morgan fingerprint density at radius 3 is 2.38 bits per heavy atom. The maximum absolute atomic E-state index is 6.00. The van der Waals surface area contributed by atoms with E-state index in [0.29, 0.717) is 16.8 Å². The van der Waals surface area contributed by atoms with Crippen molar-refractivity contribution in [3.63, 3.8) is 0 Å². The van der Waals surface area contributed by atoms with Crippen molar-refractivity contribution in [2.24, 2.45) is 0 Å². The van der Waals surface area contributed by atoms with Crippen LogP contribution in [0.2, 0.25) is 10.0 Å². The van der Waals surface area contributed by atoms with Crippen LogP contribution in [0, 0.1) is 0 Å². The highest BCUT2D eigenvalue weighted by atomic mass is 35.5. The molecule has 124 valence electrons. The molecule has 0 spiro atoms. The van der Waals surface area contributed by atoms with E-state index in [1.54, 1.807) is 12.1 Å². The summed E-state index contributed by atoms with van der Waals surface area (Å²) in [5, 5.41) is 13.0. The van der Waals surface area contributed by atoms with Gasteiger partial charge in [0.2, 0.25) is 11.8 Å². The molecule has 1 aromatic heterocycles. The molecule has 2 aromatic carbocycles. The topological polar surface area (TPSA) is 51.0 Å². The third-order valence-corrected chi connectivity index (χ3v) is 4.24. The zero-order chi connectivity index (χ0) is 17.1. The van der Waals surface area contributed by atoms with E-state index in [-0.39, 0.29) is 12.1 Å². The van der Waals surface area contributed by atoms with Gasteiger partial charge in [0.05, 0.1) is 6.04 Å². The van der Waals surface area contributed by atoms with Crippen LogP contribution in [0.25, 0.3) is 11.5 Å². The molecule has 0 aliphatic heterocycles. The van der Waals surface area contributed by atoms with Gasteiger partial charge in [-0.25, -0.2) is 0 Å². The highest BCUT2D eigenvalue weighted by Crippen LogP contribution is 2.25. The SMILES string of the molecule is C[C@@H](N[C@H](C)c1nnc(-c2cccc(Cl)c2)o1)c1ccc(Cl)cc1. The molecule has 24 heavy (non-hydrogen) atoms. The summed E-state index contributed by atoms with van der Waals surface area (Å²) in [6.45, 7) is 4.07. The molecule has 6 heteroatoms. The molecule has 1 N–H and O–H groups in total. The first-order valence-electron chi connectivity index (χ1n) is 7.64. The predicted octanol–water partition coefficient (Wildman–Crippen LogP) is 5.46. The first kappa shape index (κ1) is 17.0. The Morgan fingerprint density at radius 2 is 1.67 bits per heavy atom. The third-order valence-electron chi connectivity index (χ3n) is 3.75. The van der Waals surface area contributed by atoms with Crippen LogP contribution in [-0.4, -0.2) is 10.2 Å². The van der Waals surface area contributed by atoms with Crippen molar-refractivity contribution in [2.45, 2.75) is 25.9 Å². The fourth-order valence-corrected chi connectivity index (χ4v) is 2.76. The summed E-state index contributed by atoms with van der Waals surface area (Å²) in [5.74, 6) is 0.992. The van der Waals surface area contributed by atoms with Crippen molar-refractivity contribution in [2.75, 3.05) is 0 Å². The zero-order valence-corrected chi connectivity index (χ0v) is 14.8. The molecule has 1 heterocycles. The standard InChI is InChI=1S/C18H17Cl2N3O/c1-11(13-6-8-15(19)9-7-13)21-12(2)17-22-23-18(24-17)14-4-3-5-16(20)10-14/h3-12,21H,1-2H3/t11-,12-/m1/s1. The van der Waals surface area contributed by atoms with Gasteiger partial charge in [0.15, 0.2) is 0 Å². The molecule has 0 fully saturated rings. The quantitative estimate of drug-likeness (QED) is 0.655. The number of nitrogens with zero attached hydrogens (tertiary/aromatic N) is 2. The van der Waals surface area contributed by atoms with Gasteiger partial charge in [-0.1, -0.05) is 41.4 Å². The number of rotatable bonds is 5. The molecule has 0 unspecified atom stereocenters. The van der Waals surface area contributed by atoms with Gasteiger partial charge in [-0.2, -0.15) is 0 Å². The van der Waals surface area contributed by atoms with E-state index in [1.807, 2.05) is 43.3 Å². The third kappa shape index (κ3) is 3.96. The normalized spacial score (nSPS) is 13.7. The summed E-state index contributed by atoms with van der Waals surface area (Å²) in [7, 11) is 0. The summed E-state index contributed by atoms with van der Waals surface area (Å²) in [4.78, 5) is 0. The molecule has 3 aromatic rings. The van der Waals surface area contributed by atoms with Crippen LogP contribution in [0.5, 0.6) is 0 Å². The molecule has 0 amide bonds. The molecule has 0 aliphatic carbocycles. The van der Waals surface area contributed by atoms with Crippen LogP contribution in [0.1, 0.15) is 37.4 Å². The summed E-state index contributed by atoms with van der Waals surface area (Å²) in [6, 6.07) is 15.1. The van der Waals surface area contributed by atoms with Gasteiger partial charge in [0, 0.05) is 21.7 Å². The molecule has 0 aliphatic rings. The average molecular weight is 362 g/mol. The minimum atomic E-state index is -0.0869. The molecule has 0 bridgehead atoms. The number of nitrogens with one attached hydrogen (secondary N) is 1. The van der Waals surface area contributed by atoms with E-state index < -0.39 is 0 Å². The van der Waals surface area contributed by atoms with Gasteiger partial charge in [0.1, 0.15) is 0 Å². The van der Waals surface area contributed by atoms with Crippen LogP contribution in [0.4, 0.5) is 0 Å². The molecule has 0 radical (unpaired) electrons. The van der Waals surface area contributed by atoms with Gasteiger partial charge in [-0.05, 0) is 49.7 Å². The Kier molecular flexibility index (Phi) is 5.19. The smallest absolute Gasteiger partial charge is 0.247 e. The first-order valence-corrected chi connectivity index (χ1v) is 8.39. The molecular weight excluding hydrogens is 345 g/mol. The lowest BCUT2D eigenvalue weighted by molar-refractivity contribution is 0.395. The maximum atomic E-state index is 6.00. The second kappa shape index (κ2) is 7.34. The number of halogens is 2. The van der Waals surface area contributed by atoms with Crippen molar-refractivity contribution in [3.8, 4) is 11.5 Å². The zero-order valence-electron chi connectivity index (χ0n) is 13.3. The molecular formula is C18H17Cl2N3O. The molecule has 2 atom stereocenters. The van der Waals surface area contributed by atoms with Crippen LogP contribution in [-0.2, 0) is 0 Å². The Hall–Kier alpha value is -1.88. The number of benzene rings is 2. The second-order valence-corrected chi connectivity index (χ2v) is 6.49. The van der Waals surface area contributed by atoms with E-state index >= 15 is 0 Å². The summed E-state index contributed by atoms with van der Waals surface area (Å²) < 4.78 is 5.78. The van der Waals surface area contributed by atoms with Gasteiger partial charge >= 0.3 is 0 Å². The van der Waals surface area contributed by atoms with Crippen LogP contribution in [0.15, 0.2) is 52.9 Å². The summed E-state index contributed by atoms with van der Waals surface area (Å²) >= 11 is 11.9. The van der Waals surface area contributed by atoms with Gasteiger partial charge < -0.3 is 4.42 Å². The van der Waals surface area contributed by atoms with Crippen LogP contribution in [0.3, 0.4) is 0 Å². The Labute approximate surface area is 150 Å². The molecule has 4 nitrogen and oxygen atoms in total. The fraction of sp³-hybridized carbons (Fsp3) is 0.222. The second-order valence-electron chi connectivity index (χ2n) is 5.62. The maximum Gasteiger partial charge on any atom is 0.247 e. The highest BCUT2D eigenvalue weighted by molar-refractivity contribution is 6.31. The van der Waals surface area contributed by atoms with E-state index in [2.05, 4.69) is 22.4 Å². The summed E-state index contributed by atoms with van der Waals surface area (Å²) in [5.41, 5.74) is 1.94. The highest BCUT2D eigenvalue weighted by Gasteiger charge is 2.17. The van der Waals surface area contributed by atoms with Crippen LogP contribution < -0.4 is 5.32 Å². The van der Waals surface area contributed by atoms with E-state index in [1.165, 1.54) is 0 Å². The van der Waals surface area contributed by atoms with E-state index in [9.17, 15) is 0 Å². The van der Waals surface area contributed by atoms with Gasteiger partial charge in [-0.15, -0.1) is 10.2 Å². The molecule has 0 saturated heterocycles. The van der Waals surface area contributed by atoms with Crippen molar-refractivity contribution in [1.29, 1.82) is 0 Å². The van der Waals surface area contributed by atoms with Gasteiger partial charge in [-0.3, -0.25) is 5.32 Å². The number of hydrogen-bond acceptors (Lipinski definition) is 4. The molecule has 0 saturated carbocycles. The lowest BCUT2D eigenvalue weighted by atomic mass is 10.1. The van der Waals surface area contributed by atoms with Crippen LogP contribution >= 0.6 is 23.2 Å². The average Bonchev–Trinajstić information content (AvgIpc) is 3.05. The Morgan fingerprint density at radius 1 is 0.917 bits per heavy atom. The Bertz CT molecular complexity index is 817. The summed E-state index contributed by atoms with van der Waals surface area (Å²) in [6.07, 6.45) is 0. The first-order chi connectivity index (χ1) is 11.5. The Balaban J connectivity index is 1.71. The van der Waals surface area contributed by atoms with Crippen molar-refractivity contribution < 1.29 is 4.42 Å². The minimum Gasteiger partial charge on any atom is -0.419 e. The van der Waals surface area contributed by atoms with Crippen molar-refractivity contribution in [1.82, 2.24) is 15.5 Å². The largest absolute Gasteiger partial charge is 0.419 e. The lowest BCUT2D eigenvalue weighted by Crippen LogP contribution is -2.22. The molecule has 3 rings (SSSR count). The lowest BCUT2D eigenvalue weighted by Gasteiger charge is -2.17. The fourth-order valence-electron chi connectivity index (χ4n) is 2.44. The van der Waals surface area contributed by atoms with E-state index in [4.69, 9.17) is 27.6 Å². The monoisotopic (exact) mass is 361 g/mol. The van der Waals surface area contributed by atoms with Crippen molar-refractivity contribution in [3.05, 3.63) is 70.0 Å². The number of aromatic nitrogens is 2. The minimum absolute atomic E-state index is 0.0869. The van der Waals surface area contributed by atoms with Gasteiger partial charge in [0.25, 0.3) is 0 Å². The number of hydrogen-bond donors (Lipinski definition) is 1. The van der Waals surface area contributed by atoms with E-state index in [0.717, 1.165) is 16.1 Å². The predicted molar refractivity (Wildman–Crippen MR) is 96.2 cm³/mol.